The second-order valence-corrected chi connectivity index (χ2v) is 10.4. The molecule has 6 nitrogen and oxygen atoms in total. The molecular formula is C22H28ClN3O3S. The van der Waals surface area contributed by atoms with E-state index in [-0.39, 0.29) is 29.3 Å². The van der Waals surface area contributed by atoms with Crippen LogP contribution >= 0.6 is 11.6 Å². The van der Waals surface area contributed by atoms with Crippen LogP contribution in [0.2, 0.25) is 5.02 Å². The molecule has 0 unspecified atom stereocenters. The molecule has 1 amide bonds. The normalized spacial score (nSPS) is 14.2. The lowest BCUT2D eigenvalue weighted by molar-refractivity contribution is -0.117. The van der Waals surface area contributed by atoms with E-state index in [9.17, 15) is 13.2 Å². The summed E-state index contributed by atoms with van der Waals surface area (Å²) in [6.45, 7) is 3.86. The van der Waals surface area contributed by atoms with Gasteiger partial charge in [0, 0.05) is 49.0 Å². The van der Waals surface area contributed by atoms with E-state index in [1.54, 1.807) is 18.2 Å². The summed E-state index contributed by atoms with van der Waals surface area (Å²) in [4.78, 5) is 14.3. The second kappa shape index (κ2) is 8.96. The number of nitrogens with zero attached hydrogens (tertiary/aromatic N) is 2. The number of hydrogen-bond acceptors (Lipinski definition) is 4. The van der Waals surface area contributed by atoms with Gasteiger partial charge in [0.2, 0.25) is 15.9 Å². The zero-order chi connectivity index (χ0) is 22.1. The molecular weight excluding hydrogens is 422 g/mol. The number of nitrogens with one attached hydrogen (secondary N) is 1. The average molecular weight is 450 g/mol. The minimum atomic E-state index is -3.76. The van der Waals surface area contributed by atoms with Crippen LogP contribution in [0, 0.1) is 5.92 Å². The Kier molecular flexibility index (Phi) is 6.75. The van der Waals surface area contributed by atoms with Gasteiger partial charge in [0.1, 0.15) is 0 Å². The van der Waals surface area contributed by atoms with Crippen LogP contribution < -0.4 is 10.2 Å². The van der Waals surface area contributed by atoms with Crippen molar-refractivity contribution in [1.29, 1.82) is 0 Å². The van der Waals surface area contributed by atoms with Crippen LogP contribution in [0.5, 0.6) is 0 Å². The van der Waals surface area contributed by atoms with Gasteiger partial charge < -0.3 is 10.2 Å². The van der Waals surface area contributed by atoms with Gasteiger partial charge in [-0.1, -0.05) is 17.7 Å². The Morgan fingerprint density at radius 3 is 2.43 bits per heavy atom. The zero-order valence-corrected chi connectivity index (χ0v) is 19.3. The molecule has 30 heavy (non-hydrogen) atoms. The molecule has 2 aromatic carbocycles. The maximum Gasteiger partial charge on any atom is 0.243 e. The highest BCUT2D eigenvalue weighted by Crippen LogP contribution is 2.32. The van der Waals surface area contributed by atoms with Gasteiger partial charge in [-0.3, -0.25) is 4.79 Å². The van der Waals surface area contributed by atoms with Crippen molar-refractivity contribution < 1.29 is 13.2 Å². The second-order valence-electron chi connectivity index (χ2n) is 8.10. The summed E-state index contributed by atoms with van der Waals surface area (Å²) in [5, 5.41) is 3.32. The summed E-state index contributed by atoms with van der Waals surface area (Å²) >= 11 is 6.03. The monoisotopic (exact) mass is 449 g/mol. The fourth-order valence-corrected chi connectivity index (χ4v) is 5.21. The Labute approximate surface area is 183 Å². The fourth-order valence-electron chi connectivity index (χ4n) is 3.29. The van der Waals surface area contributed by atoms with Crippen LogP contribution in [0.3, 0.4) is 0 Å². The molecule has 2 aromatic rings. The topological polar surface area (TPSA) is 69.7 Å². The van der Waals surface area contributed by atoms with Gasteiger partial charge in [-0.25, -0.2) is 8.42 Å². The Morgan fingerprint density at radius 2 is 1.87 bits per heavy atom. The van der Waals surface area contributed by atoms with Crippen LogP contribution in [0.15, 0.2) is 47.4 Å². The van der Waals surface area contributed by atoms with Crippen molar-refractivity contribution >= 4 is 38.9 Å². The molecule has 0 aliphatic heterocycles. The molecule has 0 atom stereocenters. The third-order valence-electron chi connectivity index (χ3n) is 5.08. The summed E-state index contributed by atoms with van der Waals surface area (Å²) in [6.07, 6.45) is 1.85. The Hall–Kier alpha value is -2.09. The van der Waals surface area contributed by atoms with Crippen molar-refractivity contribution in [3.8, 4) is 0 Å². The van der Waals surface area contributed by atoms with Crippen molar-refractivity contribution in [2.75, 3.05) is 24.3 Å². The van der Waals surface area contributed by atoms with Crippen molar-refractivity contribution in [3.05, 3.63) is 53.1 Å². The number of amides is 1. The molecule has 0 radical (unpaired) electrons. The SMILES string of the molecule is CC(C)N(Cc1cc(NC(=O)C2CC2)ccc1N(C)C)S(=O)(=O)c1cccc(Cl)c1. The van der Waals surface area contributed by atoms with Crippen molar-refractivity contribution in [1.82, 2.24) is 4.31 Å². The predicted molar refractivity (Wildman–Crippen MR) is 121 cm³/mol. The Morgan fingerprint density at radius 1 is 1.17 bits per heavy atom. The lowest BCUT2D eigenvalue weighted by atomic mass is 10.1. The summed E-state index contributed by atoms with van der Waals surface area (Å²) in [5.74, 6) is 0.114. The number of sulfonamides is 1. The van der Waals surface area contributed by atoms with Gasteiger partial charge in [0.05, 0.1) is 4.90 Å². The predicted octanol–water partition coefficient (Wildman–Crippen LogP) is 4.35. The number of hydrogen-bond donors (Lipinski definition) is 1. The molecule has 0 aromatic heterocycles. The van der Waals surface area contributed by atoms with Crippen LogP contribution in [0.25, 0.3) is 0 Å². The van der Waals surface area contributed by atoms with E-state index in [1.165, 1.54) is 10.4 Å². The van der Waals surface area contributed by atoms with Gasteiger partial charge in [0.15, 0.2) is 0 Å². The number of halogens is 1. The average Bonchev–Trinajstić information content (AvgIpc) is 3.51. The van der Waals surface area contributed by atoms with Gasteiger partial charge in [-0.15, -0.1) is 0 Å². The highest BCUT2D eigenvalue weighted by atomic mass is 35.5. The zero-order valence-electron chi connectivity index (χ0n) is 17.7. The third-order valence-corrected chi connectivity index (χ3v) is 7.33. The summed E-state index contributed by atoms with van der Waals surface area (Å²) in [5.41, 5.74) is 2.38. The highest BCUT2D eigenvalue weighted by Gasteiger charge is 2.30. The van der Waals surface area contributed by atoms with Crippen LogP contribution in [0.4, 0.5) is 11.4 Å². The highest BCUT2D eigenvalue weighted by molar-refractivity contribution is 7.89. The van der Waals surface area contributed by atoms with Crippen LogP contribution in [0.1, 0.15) is 32.3 Å². The fraction of sp³-hybridized carbons (Fsp3) is 0.409. The summed E-state index contributed by atoms with van der Waals surface area (Å²) in [6, 6.07) is 11.6. The number of carbonyl (C=O) groups is 1. The molecule has 1 fully saturated rings. The molecule has 0 bridgehead atoms. The molecule has 3 rings (SSSR count). The van der Waals surface area contributed by atoms with Crippen molar-refractivity contribution in [2.45, 2.75) is 44.2 Å². The molecule has 1 aliphatic carbocycles. The maximum atomic E-state index is 13.4. The lowest BCUT2D eigenvalue weighted by Gasteiger charge is -2.28. The maximum absolute atomic E-state index is 13.4. The standard InChI is InChI=1S/C22H28ClN3O3S/c1-15(2)26(30(28,29)20-7-5-6-18(23)13-20)14-17-12-19(10-11-21(17)25(3)4)24-22(27)16-8-9-16/h5-7,10-13,15-16H,8-9,14H2,1-4H3,(H,24,27). The molecule has 1 saturated carbocycles. The summed E-state index contributed by atoms with van der Waals surface area (Å²) in [7, 11) is 0.0586. The van der Waals surface area contributed by atoms with Crippen molar-refractivity contribution in [3.63, 3.8) is 0 Å². The first kappa shape index (κ1) is 22.6. The summed E-state index contributed by atoms with van der Waals surface area (Å²) < 4.78 is 28.2. The minimum absolute atomic E-state index is 0.0193. The van der Waals surface area contributed by atoms with E-state index in [0.29, 0.717) is 10.7 Å². The quantitative estimate of drug-likeness (QED) is 0.650. The van der Waals surface area contributed by atoms with E-state index in [4.69, 9.17) is 11.6 Å². The first-order valence-electron chi connectivity index (χ1n) is 9.98. The van der Waals surface area contributed by atoms with E-state index in [0.717, 1.165) is 24.1 Å². The molecule has 1 N–H and O–H groups in total. The smallest absolute Gasteiger partial charge is 0.243 e. The van der Waals surface area contributed by atoms with Crippen LogP contribution in [-0.4, -0.2) is 38.8 Å². The van der Waals surface area contributed by atoms with E-state index >= 15 is 0 Å². The van der Waals surface area contributed by atoms with Crippen LogP contribution in [-0.2, 0) is 21.4 Å². The molecule has 0 heterocycles. The number of rotatable bonds is 8. The minimum Gasteiger partial charge on any atom is -0.377 e. The number of benzene rings is 2. The first-order chi connectivity index (χ1) is 14.1. The Balaban J connectivity index is 1.96. The van der Waals surface area contributed by atoms with Gasteiger partial charge in [0.25, 0.3) is 0 Å². The van der Waals surface area contributed by atoms with Gasteiger partial charge in [-0.2, -0.15) is 4.31 Å². The van der Waals surface area contributed by atoms with E-state index < -0.39 is 10.0 Å². The molecule has 162 valence electrons. The number of anilines is 2. The molecule has 0 saturated heterocycles. The number of carbonyl (C=O) groups excluding carboxylic acids is 1. The molecule has 8 heteroatoms. The third kappa shape index (κ3) is 5.14. The first-order valence-corrected chi connectivity index (χ1v) is 11.8. The van der Waals surface area contributed by atoms with E-state index in [2.05, 4.69) is 5.32 Å². The molecule has 1 aliphatic rings. The largest absolute Gasteiger partial charge is 0.377 e. The lowest BCUT2D eigenvalue weighted by Crippen LogP contribution is -2.36. The Bertz CT molecular complexity index is 1030. The molecule has 0 spiro atoms. The van der Waals surface area contributed by atoms with E-state index in [1.807, 2.05) is 51.0 Å². The van der Waals surface area contributed by atoms with Crippen molar-refractivity contribution in [2.24, 2.45) is 5.92 Å². The van der Waals surface area contributed by atoms with Gasteiger partial charge >= 0.3 is 0 Å². The van der Waals surface area contributed by atoms with Gasteiger partial charge in [-0.05, 0) is 68.7 Å².